The average molecular weight is 217 g/mol. The van der Waals surface area contributed by atoms with Gasteiger partial charge < -0.3 is 4.98 Å². The highest BCUT2D eigenvalue weighted by molar-refractivity contribution is 7.71. The molecule has 2 aromatic rings. The van der Waals surface area contributed by atoms with Crippen molar-refractivity contribution in [2.75, 3.05) is 0 Å². The largest absolute Gasteiger partial charge is 0.335 e. The molecule has 2 heterocycles. The molecule has 0 bridgehead atoms. The van der Waals surface area contributed by atoms with Crippen LogP contribution in [-0.4, -0.2) is 15.0 Å². The maximum Gasteiger partial charge on any atom is 0.197 e. The molecule has 0 spiro atoms. The van der Waals surface area contributed by atoms with Gasteiger partial charge in [-0.05, 0) is 36.8 Å². The third-order valence-electron chi connectivity index (χ3n) is 2.04. The summed E-state index contributed by atoms with van der Waals surface area (Å²) in [5.74, 6) is 0. The summed E-state index contributed by atoms with van der Waals surface area (Å²) >= 11 is 5.02. The molecule has 0 aromatic carbocycles. The van der Waals surface area contributed by atoms with Gasteiger partial charge in [-0.3, -0.25) is 4.98 Å². The van der Waals surface area contributed by atoms with Crippen LogP contribution in [0.25, 0.3) is 0 Å². The van der Waals surface area contributed by atoms with E-state index >= 15 is 0 Å². The van der Waals surface area contributed by atoms with Crippen molar-refractivity contribution >= 4 is 12.2 Å². The van der Waals surface area contributed by atoms with E-state index in [1.807, 2.05) is 31.3 Å². The second-order valence-corrected chi connectivity index (χ2v) is 3.79. The van der Waals surface area contributed by atoms with Crippen molar-refractivity contribution in [2.24, 2.45) is 0 Å². The van der Waals surface area contributed by atoms with Gasteiger partial charge in [0.2, 0.25) is 0 Å². The molecule has 2 aromatic heterocycles. The summed E-state index contributed by atoms with van der Waals surface area (Å²) < 4.78 is 0.536. The first-order chi connectivity index (χ1) is 7.24. The summed E-state index contributed by atoms with van der Waals surface area (Å²) in [7, 11) is 0. The van der Waals surface area contributed by atoms with Gasteiger partial charge in [0.1, 0.15) is 0 Å². The van der Waals surface area contributed by atoms with E-state index in [9.17, 15) is 0 Å². The number of hydrogen-bond acceptors (Lipinski definition) is 3. The Kier molecular flexibility index (Phi) is 2.87. The van der Waals surface area contributed by atoms with E-state index in [2.05, 4.69) is 15.0 Å². The van der Waals surface area contributed by atoms with Gasteiger partial charge >= 0.3 is 0 Å². The van der Waals surface area contributed by atoms with Crippen molar-refractivity contribution in [3.8, 4) is 0 Å². The molecule has 0 aliphatic carbocycles. The van der Waals surface area contributed by atoms with E-state index in [4.69, 9.17) is 12.2 Å². The molecule has 1 N–H and O–H groups in total. The van der Waals surface area contributed by atoms with Crippen LogP contribution in [-0.2, 0) is 6.42 Å². The maximum absolute atomic E-state index is 5.02. The van der Waals surface area contributed by atoms with Crippen molar-refractivity contribution in [1.29, 1.82) is 0 Å². The Morgan fingerprint density at radius 3 is 3.00 bits per heavy atom. The first-order valence-corrected chi connectivity index (χ1v) is 5.10. The summed E-state index contributed by atoms with van der Waals surface area (Å²) in [4.78, 5) is 11.3. The van der Waals surface area contributed by atoms with Crippen LogP contribution in [0.3, 0.4) is 0 Å². The Morgan fingerprint density at radius 2 is 2.33 bits per heavy atom. The lowest BCUT2D eigenvalue weighted by molar-refractivity contribution is 0.976. The van der Waals surface area contributed by atoms with E-state index in [0.29, 0.717) is 4.77 Å². The Balaban J connectivity index is 2.29. The Hall–Kier alpha value is -1.55. The van der Waals surface area contributed by atoms with Crippen LogP contribution in [0.2, 0.25) is 0 Å². The molecule has 0 radical (unpaired) electrons. The summed E-state index contributed by atoms with van der Waals surface area (Å²) in [6.07, 6.45) is 4.38. The first kappa shape index (κ1) is 9.98. The smallest absolute Gasteiger partial charge is 0.197 e. The minimum atomic E-state index is 0.536. The van der Waals surface area contributed by atoms with E-state index < -0.39 is 0 Å². The molecule has 0 saturated heterocycles. The van der Waals surface area contributed by atoms with Crippen molar-refractivity contribution in [3.05, 3.63) is 52.3 Å². The lowest BCUT2D eigenvalue weighted by atomic mass is 10.1. The van der Waals surface area contributed by atoms with Crippen molar-refractivity contribution in [1.82, 2.24) is 15.0 Å². The number of rotatable bonds is 2. The number of hydrogen-bond donors (Lipinski definition) is 1. The topological polar surface area (TPSA) is 41.6 Å². The number of nitrogens with one attached hydrogen (secondary N) is 1. The molecular formula is C11H11N3S. The minimum Gasteiger partial charge on any atom is -0.335 e. The van der Waals surface area contributed by atoms with E-state index in [1.54, 1.807) is 6.20 Å². The molecule has 0 saturated carbocycles. The standard InChI is InChI=1S/C11H11N3S/c1-8-5-10(14-11(15)13-8)6-9-3-2-4-12-7-9/h2-5,7H,6H2,1H3,(H,13,14,15). The molecular weight excluding hydrogens is 206 g/mol. The van der Waals surface area contributed by atoms with Crippen LogP contribution in [0, 0.1) is 11.7 Å². The predicted octanol–water partition coefficient (Wildman–Crippen LogP) is 2.43. The van der Waals surface area contributed by atoms with Gasteiger partial charge in [0.05, 0.1) is 0 Å². The molecule has 0 atom stereocenters. The molecule has 3 nitrogen and oxygen atoms in total. The van der Waals surface area contributed by atoms with Gasteiger partial charge in [0, 0.05) is 30.2 Å². The number of nitrogens with zero attached hydrogens (tertiary/aromatic N) is 2. The molecule has 2 rings (SSSR count). The molecule has 76 valence electrons. The zero-order valence-electron chi connectivity index (χ0n) is 8.40. The zero-order chi connectivity index (χ0) is 10.7. The Labute approximate surface area is 93.2 Å². The van der Waals surface area contributed by atoms with Crippen LogP contribution in [0.5, 0.6) is 0 Å². The highest BCUT2D eigenvalue weighted by atomic mass is 32.1. The molecule has 4 heteroatoms. The fourth-order valence-electron chi connectivity index (χ4n) is 1.45. The molecule has 0 aliphatic rings. The fourth-order valence-corrected chi connectivity index (χ4v) is 1.73. The molecule has 0 unspecified atom stereocenters. The minimum absolute atomic E-state index is 0.536. The Morgan fingerprint density at radius 1 is 1.47 bits per heavy atom. The van der Waals surface area contributed by atoms with Crippen LogP contribution < -0.4 is 0 Å². The normalized spacial score (nSPS) is 10.2. The van der Waals surface area contributed by atoms with Crippen LogP contribution in [0.15, 0.2) is 30.6 Å². The third-order valence-corrected chi connectivity index (χ3v) is 2.23. The van der Waals surface area contributed by atoms with Gasteiger partial charge in [0.25, 0.3) is 0 Å². The van der Waals surface area contributed by atoms with Crippen LogP contribution >= 0.6 is 12.2 Å². The van der Waals surface area contributed by atoms with Gasteiger partial charge in [-0.2, -0.15) is 0 Å². The zero-order valence-corrected chi connectivity index (χ0v) is 9.21. The van der Waals surface area contributed by atoms with E-state index in [-0.39, 0.29) is 0 Å². The van der Waals surface area contributed by atoms with Gasteiger partial charge in [-0.1, -0.05) is 6.07 Å². The van der Waals surface area contributed by atoms with E-state index in [0.717, 1.165) is 23.4 Å². The molecule has 0 aliphatic heterocycles. The number of aromatic amines is 1. The monoisotopic (exact) mass is 217 g/mol. The van der Waals surface area contributed by atoms with Gasteiger partial charge in [-0.15, -0.1) is 0 Å². The fraction of sp³-hybridized carbons (Fsp3) is 0.182. The molecule has 0 amide bonds. The van der Waals surface area contributed by atoms with Gasteiger partial charge in [-0.25, -0.2) is 4.98 Å². The first-order valence-electron chi connectivity index (χ1n) is 4.70. The molecule has 15 heavy (non-hydrogen) atoms. The summed E-state index contributed by atoms with van der Waals surface area (Å²) in [6.45, 7) is 1.98. The number of aromatic nitrogens is 3. The summed E-state index contributed by atoms with van der Waals surface area (Å²) in [6, 6.07) is 5.96. The molecule has 0 fully saturated rings. The lowest BCUT2D eigenvalue weighted by Crippen LogP contribution is -1.96. The van der Waals surface area contributed by atoms with Crippen molar-refractivity contribution < 1.29 is 0 Å². The van der Waals surface area contributed by atoms with Crippen LogP contribution in [0.1, 0.15) is 17.0 Å². The predicted molar refractivity (Wildman–Crippen MR) is 61.2 cm³/mol. The average Bonchev–Trinajstić information content (AvgIpc) is 2.17. The second kappa shape index (κ2) is 4.31. The third kappa shape index (κ3) is 2.70. The summed E-state index contributed by atoms with van der Waals surface area (Å²) in [5.41, 5.74) is 3.16. The van der Waals surface area contributed by atoms with Crippen LogP contribution in [0.4, 0.5) is 0 Å². The number of aryl methyl sites for hydroxylation is 1. The van der Waals surface area contributed by atoms with Crippen molar-refractivity contribution in [2.45, 2.75) is 13.3 Å². The summed E-state index contributed by atoms with van der Waals surface area (Å²) in [5, 5.41) is 0. The quantitative estimate of drug-likeness (QED) is 0.785. The maximum atomic E-state index is 5.02. The lowest BCUT2D eigenvalue weighted by Gasteiger charge is -2.01. The number of H-pyrrole nitrogens is 1. The number of pyridine rings is 1. The Bertz CT molecular complexity index is 505. The van der Waals surface area contributed by atoms with E-state index in [1.165, 1.54) is 0 Å². The van der Waals surface area contributed by atoms with Crippen molar-refractivity contribution in [3.63, 3.8) is 0 Å². The second-order valence-electron chi connectivity index (χ2n) is 3.40. The van der Waals surface area contributed by atoms with Gasteiger partial charge in [0.15, 0.2) is 4.77 Å². The SMILES string of the molecule is Cc1cc(Cc2cccnc2)nc(=S)[nH]1. The highest BCUT2D eigenvalue weighted by Crippen LogP contribution is 2.06. The highest BCUT2D eigenvalue weighted by Gasteiger charge is 1.98.